The Morgan fingerprint density at radius 1 is 1.33 bits per heavy atom. The zero-order chi connectivity index (χ0) is 14.1. The number of para-hydroxylation sites is 1. The second-order valence-corrected chi connectivity index (χ2v) is 5.25. The van der Waals surface area contributed by atoms with Gasteiger partial charge in [-0.05, 0) is 18.9 Å². The summed E-state index contributed by atoms with van der Waals surface area (Å²) in [5.41, 5.74) is 6.81. The Morgan fingerprint density at radius 3 is 2.86 bits per heavy atom. The Balaban J connectivity index is 0.00000161. The quantitative estimate of drug-likeness (QED) is 0.838. The number of nitrogens with zero attached hydrogens (tertiary/aromatic N) is 1. The van der Waals surface area contributed by atoms with Crippen LogP contribution >= 0.6 is 12.4 Å². The van der Waals surface area contributed by atoms with Gasteiger partial charge in [0.05, 0.1) is 5.56 Å². The third-order valence-electron chi connectivity index (χ3n) is 3.73. The number of benzene rings is 1. The number of hydrogen-bond acceptors (Lipinski definition) is 3. The van der Waals surface area contributed by atoms with Crippen molar-refractivity contribution in [2.75, 3.05) is 13.1 Å². The van der Waals surface area contributed by atoms with Crippen molar-refractivity contribution in [2.45, 2.75) is 18.9 Å². The van der Waals surface area contributed by atoms with Gasteiger partial charge in [0.15, 0.2) is 0 Å². The molecule has 0 radical (unpaired) electrons. The molecule has 0 saturated carbocycles. The number of amides is 1. The molecule has 6 heteroatoms. The van der Waals surface area contributed by atoms with Crippen LogP contribution in [0, 0.1) is 0 Å². The number of carbonyl (C=O) groups excluding carboxylic acids is 1. The van der Waals surface area contributed by atoms with E-state index in [1.807, 2.05) is 18.2 Å². The maximum atomic E-state index is 12.6. The molecule has 1 fully saturated rings. The lowest BCUT2D eigenvalue weighted by molar-refractivity contribution is 0.0710. The van der Waals surface area contributed by atoms with Crippen LogP contribution in [0.5, 0.6) is 0 Å². The van der Waals surface area contributed by atoms with E-state index in [2.05, 4.69) is 4.98 Å². The highest BCUT2D eigenvalue weighted by Crippen LogP contribution is 2.18. The minimum absolute atomic E-state index is 0. The van der Waals surface area contributed by atoms with E-state index in [9.17, 15) is 9.59 Å². The van der Waals surface area contributed by atoms with Gasteiger partial charge in [0, 0.05) is 36.1 Å². The molecule has 5 nitrogen and oxygen atoms in total. The lowest BCUT2D eigenvalue weighted by atomic mass is 10.0. The highest BCUT2D eigenvalue weighted by Gasteiger charge is 2.23. The number of fused-ring (bicyclic) bond motifs is 1. The van der Waals surface area contributed by atoms with Crippen LogP contribution in [0.15, 0.2) is 35.1 Å². The largest absolute Gasteiger partial charge is 0.337 e. The van der Waals surface area contributed by atoms with E-state index in [0.717, 1.165) is 18.2 Å². The van der Waals surface area contributed by atoms with Crippen molar-refractivity contribution in [1.29, 1.82) is 0 Å². The molecule has 1 atom stereocenters. The summed E-state index contributed by atoms with van der Waals surface area (Å²) in [5, 5.41) is 0.774. The molecule has 0 bridgehead atoms. The number of hydrogen-bond donors (Lipinski definition) is 2. The summed E-state index contributed by atoms with van der Waals surface area (Å²) in [5.74, 6) is -0.109. The van der Waals surface area contributed by atoms with Gasteiger partial charge in [-0.15, -0.1) is 12.4 Å². The third kappa shape index (κ3) is 3.09. The van der Waals surface area contributed by atoms with Crippen LogP contribution in [0.1, 0.15) is 23.2 Å². The lowest BCUT2D eigenvalue weighted by Crippen LogP contribution is -2.45. The van der Waals surface area contributed by atoms with Crippen molar-refractivity contribution in [1.82, 2.24) is 9.88 Å². The molecule has 1 saturated heterocycles. The molecule has 3 rings (SSSR count). The number of nitrogens with one attached hydrogen (secondary N) is 1. The van der Waals surface area contributed by atoms with Gasteiger partial charge >= 0.3 is 0 Å². The molecule has 0 aliphatic carbocycles. The van der Waals surface area contributed by atoms with Crippen LogP contribution in [-0.2, 0) is 0 Å². The lowest BCUT2D eigenvalue weighted by Gasteiger charge is -2.31. The molecule has 1 aromatic heterocycles. The molecule has 3 N–H and O–H groups in total. The summed E-state index contributed by atoms with van der Waals surface area (Å²) >= 11 is 0. The number of pyridine rings is 1. The van der Waals surface area contributed by atoms with Crippen LogP contribution in [-0.4, -0.2) is 34.9 Å². The fraction of sp³-hybridized carbons (Fsp3) is 0.333. The minimum Gasteiger partial charge on any atom is -0.337 e. The molecule has 0 spiro atoms. The van der Waals surface area contributed by atoms with Gasteiger partial charge in [-0.1, -0.05) is 18.2 Å². The van der Waals surface area contributed by atoms with E-state index in [4.69, 9.17) is 5.73 Å². The Bertz CT molecular complexity index is 713. The molecule has 112 valence electrons. The normalized spacial score (nSPS) is 18.3. The molecule has 1 amide bonds. The molecular weight excluding hydrogens is 290 g/mol. The van der Waals surface area contributed by atoms with Gasteiger partial charge < -0.3 is 15.6 Å². The summed E-state index contributed by atoms with van der Waals surface area (Å²) in [6.07, 6.45) is 1.86. The molecular formula is C15H18ClN3O2. The summed E-state index contributed by atoms with van der Waals surface area (Å²) in [4.78, 5) is 28.8. The second-order valence-electron chi connectivity index (χ2n) is 5.25. The average molecular weight is 308 g/mol. The Morgan fingerprint density at radius 2 is 2.10 bits per heavy atom. The number of carbonyl (C=O) groups is 1. The van der Waals surface area contributed by atoms with Crippen LogP contribution in [0.25, 0.3) is 10.9 Å². The van der Waals surface area contributed by atoms with Crippen LogP contribution < -0.4 is 11.3 Å². The number of H-pyrrole nitrogens is 1. The van der Waals surface area contributed by atoms with Crippen LogP contribution in [0.3, 0.4) is 0 Å². The van der Waals surface area contributed by atoms with Crippen LogP contribution in [0.2, 0.25) is 0 Å². The number of halogens is 1. The van der Waals surface area contributed by atoms with E-state index < -0.39 is 0 Å². The molecule has 2 heterocycles. The number of nitrogens with two attached hydrogens (primary N) is 1. The topological polar surface area (TPSA) is 79.2 Å². The maximum absolute atomic E-state index is 12.6. The maximum Gasteiger partial charge on any atom is 0.254 e. The van der Waals surface area contributed by atoms with Crippen molar-refractivity contribution >= 4 is 29.2 Å². The van der Waals surface area contributed by atoms with E-state index in [-0.39, 0.29) is 29.9 Å². The van der Waals surface area contributed by atoms with Gasteiger partial charge in [0.2, 0.25) is 5.56 Å². The van der Waals surface area contributed by atoms with Gasteiger partial charge in [-0.2, -0.15) is 0 Å². The standard InChI is InChI=1S/C15H17N3O2.ClH/c16-10-4-3-7-18(9-10)15(20)12-8-14(19)17-13-6-2-1-5-11(12)13;/h1-2,5-6,8,10H,3-4,7,9,16H2,(H,17,19);1H. The van der Waals surface area contributed by atoms with E-state index in [0.29, 0.717) is 24.2 Å². The number of likely N-dealkylation sites (tertiary alicyclic amines) is 1. The summed E-state index contributed by atoms with van der Waals surface area (Å²) < 4.78 is 0. The summed E-state index contributed by atoms with van der Waals surface area (Å²) in [6, 6.07) is 8.76. The monoisotopic (exact) mass is 307 g/mol. The smallest absolute Gasteiger partial charge is 0.254 e. The predicted octanol–water partition coefficient (Wildman–Crippen LogP) is 1.51. The first-order chi connectivity index (χ1) is 9.65. The first-order valence-electron chi connectivity index (χ1n) is 6.82. The molecule has 1 aromatic carbocycles. The molecule has 1 aliphatic rings. The van der Waals surface area contributed by atoms with Crippen LogP contribution in [0.4, 0.5) is 0 Å². The van der Waals surface area contributed by atoms with E-state index >= 15 is 0 Å². The molecule has 1 aliphatic heterocycles. The van der Waals surface area contributed by atoms with Crippen molar-refractivity contribution in [3.05, 3.63) is 46.2 Å². The first-order valence-corrected chi connectivity index (χ1v) is 6.82. The number of piperidine rings is 1. The number of aromatic amines is 1. The van der Waals surface area contributed by atoms with Crippen molar-refractivity contribution in [3.8, 4) is 0 Å². The highest BCUT2D eigenvalue weighted by atomic mass is 35.5. The minimum atomic E-state index is -0.256. The second kappa shape index (κ2) is 6.28. The zero-order valence-electron chi connectivity index (χ0n) is 11.5. The third-order valence-corrected chi connectivity index (χ3v) is 3.73. The van der Waals surface area contributed by atoms with Gasteiger partial charge in [-0.3, -0.25) is 9.59 Å². The fourth-order valence-electron chi connectivity index (χ4n) is 2.75. The molecule has 2 aromatic rings. The first kappa shape index (κ1) is 15.5. The Kier molecular flexibility index (Phi) is 4.65. The Hall–Kier alpha value is -1.85. The highest BCUT2D eigenvalue weighted by molar-refractivity contribution is 6.05. The van der Waals surface area contributed by atoms with Gasteiger partial charge in [-0.25, -0.2) is 0 Å². The van der Waals surface area contributed by atoms with E-state index in [1.54, 1.807) is 11.0 Å². The SMILES string of the molecule is Cl.NC1CCCN(C(=O)c2cc(=O)[nH]c3ccccc23)C1. The molecule has 1 unspecified atom stereocenters. The number of rotatable bonds is 1. The fourth-order valence-corrected chi connectivity index (χ4v) is 2.75. The van der Waals surface area contributed by atoms with E-state index in [1.165, 1.54) is 6.07 Å². The van der Waals surface area contributed by atoms with Crippen molar-refractivity contribution in [2.24, 2.45) is 5.73 Å². The zero-order valence-corrected chi connectivity index (χ0v) is 12.4. The van der Waals surface area contributed by atoms with Gasteiger partial charge in [0.1, 0.15) is 0 Å². The Labute approximate surface area is 128 Å². The molecule has 21 heavy (non-hydrogen) atoms. The van der Waals surface area contributed by atoms with Gasteiger partial charge in [0.25, 0.3) is 5.91 Å². The average Bonchev–Trinajstić information content (AvgIpc) is 2.45. The van der Waals surface area contributed by atoms with Crippen molar-refractivity contribution in [3.63, 3.8) is 0 Å². The number of aromatic nitrogens is 1. The van der Waals surface area contributed by atoms with Crippen molar-refractivity contribution < 1.29 is 4.79 Å². The summed E-state index contributed by atoms with van der Waals surface area (Å²) in [6.45, 7) is 1.26. The summed E-state index contributed by atoms with van der Waals surface area (Å²) in [7, 11) is 0. The predicted molar refractivity (Wildman–Crippen MR) is 84.9 cm³/mol.